The average molecular weight is 949 g/mol. The van der Waals surface area contributed by atoms with E-state index in [0.717, 1.165) is 0 Å². The van der Waals surface area contributed by atoms with E-state index in [-0.39, 0.29) is 23.7 Å². The molecule has 3 saturated heterocycles. The summed E-state index contributed by atoms with van der Waals surface area (Å²) < 4.78 is 37.6. The first-order chi connectivity index (χ1) is 30.8. The molecule has 382 valence electrons. The van der Waals surface area contributed by atoms with Crippen LogP contribution in [0.2, 0.25) is 0 Å². The first-order valence-corrected chi connectivity index (χ1v) is 24.1. The molecular weight excluding hydrogens is 868 g/mol. The Bertz CT molecular complexity index is 1670. The van der Waals surface area contributed by atoms with Crippen LogP contribution in [0, 0.1) is 51.8 Å². The molecule has 0 aromatic rings. The van der Waals surface area contributed by atoms with Crippen molar-refractivity contribution in [2.24, 2.45) is 51.8 Å². The Kier molecular flexibility index (Phi) is 15.6. The summed E-state index contributed by atoms with van der Waals surface area (Å²) in [6.45, 7) is 13.9. The van der Waals surface area contributed by atoms with Gasteiger partial charge in [-0.15, -0.1) is 0 Å². The number of rotatable bonds is 12. The maximum atomic E-state index is 12.6. The Balaban J connectivity index is 1.26. The van der Waals surface area contributed by atoms with E-state index in [1.54, 1.807) is 19.1 Å². The lowest BCUT2D eigenvalue weighted by molar-refractivity contribution is -0.379. The predicted molar refractivity (Wildman–Crippen MR) is 230 cm³/mol. The van der Waals surface area contributed by atoms with Crippen LogP contribution in [0.15, 0.2) is 12.2 Å². The summed E-state index contributed by atoms with van der Waals surface area (Å²) in [5, 5.41) is 143. The molecule has 0 radical (unpaired) electrons. The monoisotopic (exact) mass is 949 g/mol. The van der Waals surface area contributed by atoms with Crippen molar-refractivity contribution in [1.82, 2.24) is 0 Å². The molecule has 7 rings (SSSR count). The Hall–Kier alpha value is -1.02. The molecular formula is C47H80O19. The van der Waals surface area contributed by atoms with Gasteiger partial charge in [0.05, 0.1) is 49.3 Å². The van der Waals surface area contributed by atoms with Gasteiger partial charge in [-0.05, 0) is 104 Å². The Labute approximate surface area is 387 Å². The smallest absolute Gasteiger partial charge is 0.187 e. The van der Waals surface area contributed by atoms with Crippen molar-refractivity contribution in [3.05, 3.63) is 12.2 Å². The summed E-state index contributed by atoms with van der Waals surface area (Å²) in [5.74, 6) is -1.70. The van der Waals surface area contributed by atoms with Gasteiger partial charge in [-0.2, -0.15) is 0 Å². The molecule has 19 heteroatoms. The van der Waals surface area contributed by atoms with Gasteiger partial charge >= 0.3 is 0 Å². The maximum Gasteiger partial charge on any atom is 0.187 e. The Morgan fingerprint density at radius 1 is 0.667 bits per heavy atom. The first kappa shape index (κ1) is 52.8. The molecule has 0 aromatic heterocycles. The lowest BCUT2D eigenvalue weighted by atomic mass is 9.39. The van der Waals surface area contributed by atoms with Crippen LogP contribution >= 0.6 is 0 Å². The van der Waals surface area contributed by atoms with Gasteiger partial charge in [0, 0.05) is 0 Å². The van der Waals surface area contributed by atoms with E-state index in [0.29, 0.717) is 38.5 Å². The van der Waals surface area contributed by atoms with E-state index >= 15 is 0 Å². The number of aliphatic hydroxyl groups is 13. The molecule has 7 fully saturated rings. The summed E-state index contributed by atoms with van der Waals surface area (Å²) in [7, 11) is 0. The van der Waals surface area contributed by atoms with Gasteiger partial charge in [0.1, 0.15) is 67.1 Å². The molecule has 66 heavy (non-hydrogen) atoms. The summed E-state index contributed by atoms with van der Waals surface area (Å²) >= 11 is 0. The molecule has 0 aromatic carbocycles. The van der Waals surface area contributed by atoms with Crippen LogP contribution in [0.5, 0.6) is 0 Å². The predicted octanol–water partition coefficient (Wildman–Crippen LogP) is -1.59. The second kappa shape index (κ2) is 19.5. The third-order valence-electron chi connectivity index (χ3n) is 18.0. The van der Waals surface area contributed by atoms with Crippen LogP contribution in [-0.4, -0.2) is 202 Å². The fraction of sp³-hybridized carbons (Fsp3) is 0.957. The van der Waals surface area contributed by atoms with E-state index in [1.165, 1.54) is 6.92 Å². The highest BCUT2D eigenvalue weighted by molar-refractivity contribution is 5.20. The van der Waals surface area contributed by atoms with Crippen LogP contribution in [0.25, 0.3) is 0 Å². The number of hydrogen-bond acceptors (Lipinski definition) is 19. The quantitative estimate of drug-likeness (QED) is 0.0775. The minimum atomic E-state index is -1.76. The zero-order chi connectivity index (χ0) is 48.7. The third-order valence-corrected chi connectivity index (χ3v) is 18.0. The maximum absolute atomic E-state index is 12.6. The highest BCUT2D eigenvalue weighted by atomic mass is 16.8. The van der Waals surface area contributed by atoms with Crippen molar-refractivity contribution in [2.75, 3.05) is 13.2 Å². The largest absolute Gasteiger partial charge is 0.394 e. The third kappa shape index (κ3) is 9.00. The lowest BCUT2D eigenvalue weighted by Crippen LogP contribution is -2.68. The zero-order valence-corrected chi connectivity index (χ0v) is 39.5. The summed E-state index contributed by atoms with van der Waals surface area (Å²) in [6.07, 6.45) is -19.9. The molecule has 0 spiro atoms. The molecule has 4 saturated carbocycles. The Morgan fingerprint density at radius 2 is 1.23 bits per heavy atom. The van der Waals surface area contributed by atoms with Gasteiger partial charge in [-0.3, -0.25) is 0 Å². The standard InChI is InChI=1S/C47H80O19/c1-19(2)24(50)10-14-47(8,66-42-38(60)35(57)32(54)27(17-48)63-42)21-9-12-45(6)23-16-26(40-44(4,5)29(52)11-13-46(40,7)22(23)15-25(51)30(21)45)62-43-39(36(58)33(55)28(18-49)64-43)65-41-37(59)34(56)31(53)20(3)61-41/h10,14,19-43,48-60H,9,11-13,15-18H2,1-8H3/b14-10+/t20-,21?,22?,23?,24?,25-,26+,27+,28+,29?,30?,31-,32+,33+,34+,35-,36-,37+,38+,39+,40?,41-,42-,43+,45+,46+,47-/m0/s1. The van der Waals surface area contributed by atoms with Crippen LogP contribution in [-0.2, 0) is 28.4 Å². The molecule has 4 aliphatic carbocycles. The second-order valence-corrected chi connectivity index (χ2v) is 22.5. The molecule has 3 heterocycles. The topological polar surface area (TPSA) is 318 Å². The normalized spacial score (nSPS) is 53.2. The average Bonchev–Trinajstić information content (AvgIpc) is 3.65. The van der Waals surface area contributed by atoms with Crippen molar-refractivity contribution in [3.63, 3.8) is 0 Å². The molecule has 7 unspecified atom stereocenters. The summed E-state index contributed by atoms with van der Waals surface area (Å²) in [6, 6.07) is 0. The van der Waals surface area contributed by atoms with Crippen LogP contribution < -0.4 is 0 Å². The van der Waals surface area contributed by atoms with Gasteiger partial charge in [-0.1, -0.05) is 53.7 Å². The first-order valence-electron chi connectivity index (χ1n) is 24.1. The molecule has 3 aliphatic heterocycles. The summed E-state index contributed by atoms with van der Waals surface area (Å²) in [5.41, 5.74) is -3.29. The van der Waals surface area contributed by atoms with Gasteiger partial charge in [-0.25, -0.2) is 0 Å². The highest BCUT2D eigenvalue weighted by Crippen LogP contribution is 2.72. The summed E-state index contributed by atoms with van der Waals surface area (Å²) in [4.78, 5) is 0. The fourth-order valence-corrected chi connectivity index (χ4v) is 14.1. The van der Waals surface area contributed by atoms with Crippen LogP contribution in [0.4, 0.5) is 0 Å². The van der Waals surface area contributed by atoms with Crippen molar-refractivity contribution >= 4 is 0 Å². The number of hydrogen-bond donors (Lipinski definition) is 13. The van der Waals surface area contributed by atoms with Crippen molar-refractivity contribution in [1.29, 1.82) is 0 Å². The minimum absolute atomic E-state index is 0.0860. The number of aliphatic hydroxyl groups excluding tert-OH is 13. The van der Waals surface area contributed by atoms with Gasteiger partial charge in [0.15, 0.2) is 18.9 Å². The molecule has 27 atom stereocenters. The fourth-order valence-electron chi connectivity index (χ4n) is 14.1. The van der Waals surface area contributed by atoms with E-state index in [4.69, 9.17) is 28.4 Å². The van der Waals surface area contributed by atoms with E-state index in [2.05, 4.69) is 13.8 Å². The molecule has 0 amide bonds. The van der Waals surface area contributed by atoms with Crippen LogP contribution in [0.3, 0.4) is 0 Å². The van der Waals surface area contributed by atoms with Gasteiger partial charge < -0.3 is 94.8 Å². The van der Waals surface area contributed by atoms with E-state index in [9.17, 15) is 66.4 Å². The van der Waals surface area contributed by atoms with Gasteiger partial charge in [0.25, 0.3) is 0 Å². The molecule has 13 N–H and O–H groups in total. The van der Waals surface area contributed by atoms with Crippen molar-refractivity contribution in [3.8, 4) is 0 Å². The van der Waals surface area contributed by atoms with Crippen molar-refractivity contribution in [2.45, 2.75) is 216 Å². The lowest BCUT2D eigenvalue weighted by Gasteiger charge is -2.68. The second-order valence-electron chi connectivity index (χ2n) is 22.5. The molecule has 0 bridgehead atoms. The van der Waals surface area contributed by atoms with E-state index < -0.39 is 163 Å². The highest BCUT2D eigenvalue weighted by Gasteiger charge is 2.70. The zero-order valence-electron chi connectivity index (χ0n) is 39.5. The molecule has 7 aliphatic rings. The molecule has 19 nitrogen and oxygen atoms in total. The minimum Gasteiger partial charge on any atom is -0.394 e. The SMILES string of the molecule is CC(C)C(O)/C=C/[C@](C)(O[C@@H]1O[C@H](CO)[C@@H](O)[C@H](O)[C@H]1O)C1CC[C@]2(C)C3C[C@@H](O[C@@H]4O[C@H](CO)[C@@H](O)[C@H](O)[C@H]4O[C@@H]4O[C@@H](C)[C@H](O)[C@@H](O)[C@H]4O)C4C(C)(C)C(O)CC[C@]4(C)C3C[C@H](O)C12. The number of ether oxygens (including phenoxy) is 6. The van der Waals surface area contributed by atoms with E-state index in [1.807, 2.05) is 27.7 Å². The van der Waals surface area contributed by atoms with Crippen LogP contribution in [0.1, 0.15) is 93.9 Å². The van der Waals surface area contributed by atoms with Gasteiger partial charge in [0.2, 0.25) is 0 Å². The Morgan fingerprint density at radius 3 is 1.85 bits per heavy atom. The number of fused-ring (bicyclic) bond motifs is 5. The van der Waals surface area contributed by atoms with Crippen molar-refractivity contribution < 1.29 is 94.8 Å².